The summed E-state index contributed by atoms with van der Waals surface area (Å²) in [5, 5.41) is 0. The fourth-order valence-corrected chi connectivity index (χ4v) is 1.05. The molecule has 0 aliphatic heterocycles. The van der Waals surface area contributed by atoms with Gasteiger partial charge in [-0.1, -0.05) is 0 Å². The zero-order chi connectivity index (χ0) is 12.1. The van der Waals surface area contributed by atoms with E-state index in [-0.39, 0.29) is 11.8 Å². The number of halogens is 2. The minimum Gasteiger partial charge on any atom is -0.466 e. The summed E-state index contributed by atoms with van der Waals surface area (Å²) in [5.41, 5.74) is -0.499. The molecule has 0 heterocycles. The summed E-state index contributed by atoms with van der Waals surface area (Å²) in [4.78, 5) is 21.0. The lowest BCUT2D eigenvalue weighted by Crippen LogP contribution is -1.96. The van der Waals surface area contributed by atoms with Crippen molar-refractivity contribution in [3.8, 4) is 0 Å². The molecule has 0 spiro atoms. The molecular formula is C11H8F2O3. The number of benzene rings is 1. The van der Waals surface area contributed by atoms with E-state index >= 15 is 0 Å². The zero-order valence-corrected chi connectivity index (χ0v) is 8.37. The molecule has 16 heavy (non-hydrogen) atoms. The van der Waals surface area contributed by atoms with E-state index < -0.39 is 23.2 Å². The van der Waals surface area contributed by atoms with Crippen LogP contribution in [-0.4, -0.2) is 19.4 Å². The van der Waals surface area contributed by atoms with Gasteiger partial charge in [-0.25, -0.2) is 13.6 Å². The van der Waals surface area contributed by atoms with Gasteiger partial charge < -0.3 is 4.74 Å². The summed E-state index contributed by atoms with van der Waals surface area (Å²) < 4.78 is 30.5. The molecule has 0 N–H and O–H groups in total. The normalized spacial score (nSPS) is 10.4. The molecule has 1 aromatic rings. The summed E-state index contributed by atoms with van der Waals surface area (Å²) >= 11 is 0. The Morgan fingerprint density at radius 3 is 2.31 bits per heavy atom. The van der Waals surface area contributed by atoms with Crippen molar-refractivity contribution in [3.63, 3.8) is 0 Å². The molecule has 0 radical (unpaired) electrons. The van der Waals surface area contributed by atoms with Crippen LogP contribution in [0.1, 0.15) is 15.9 Å². The number of hydrogen-bond donors (Lipinski definition) is 0. The van der Waals surface area contributed by atoms with Gasteiger partial charge in [-0.3, -0.25) is 4.79 Å². The van der Waals surface area contributed by atoms with Crippen LogP contribution in [0.2, 0.25) is 0 Å². The Morgan fingerprint density at radius 2 is 1.88 bits per heavy atom. The number of hydrogen-bond acceptors (Lipinski definition) is 3. The first kappa shape index (κ1) is 12.0. The van der Waals surface area contributed by atoms with Crippen molar-refractivity contribution >= 4 is 18.3 Å². The van der Waals surface area contributed by atoms with E-state index in [4.69, 9.17) is 0 Å². The van der Waals surface area contributed by atoms with E-state index in [9.17, 15) is 18.4 Å². The Balaban J connectivity index is 3.05. The topological polar surface area (TPSA) is 43.4 Å². The predicted molar refractivity (Wildman–Crippen MR) is 52.8 cm³/mol. The minimum absolute atomic E-state index is 0.0957. The quantitative estimate of drug-likeness (QED) is 0.449. The molecule has 0 unspecified atom stereocenters. The Kier molecular flexibility index (Phi) is 3.88. The molecular weight excluding hydrogens is 218 g/mol. The van der Waals surface area contributed by atoms with E-state index in [1.807, 2.05) is 0 Å². The average molecular weight is 226 g/mol. The van der Waals surface area contributed by atoms with Crippen LogP contribution < -0.4 is 0 Å². The average Bonchev–Trinajstić information content (AvgIpc) is 2.25. The third-order valence-electron chi connectivity index (χ3n) is 1.83. The van der Waals surface area contributed by atoms with Gasteiger partial charge in [0.15, 0.2) is 6.29 Å². The molecule has 0 fully saturated rings. The van der Waals surface area contributed by atoms with Crippen LogP contribution in [0.5, 0.6) is 0 Å². The highest BCUT2D eigenvalue weighted by Gasteiger charge is 2.08. The summed E-state index contributed by atoms with van der Waals surface area (Å²) in [6, 6.07) is 1.90. The van der Waals surface area contributed by atoms with Gasteiger partial charge in [-0.05, 0) is 23.8 Å². The maximum Gasteiger partial charge on any atom is 0.330 e. The Bertz CT molecular complexity index is 430. The van der Waals surface area contributed by atoms with E-state index in [1.165, 1.54) is 13.2 Å². The van der Waals surface area contributed by atoms with Gasteiger partial charge in [-0.15, -0.1) is 0 Å². The van der Waals surface area contributed by atoms with Crippen molar-refractivity contribution in [2.75, 3.05) is 7.11 Å². The van der Waals surface area contributed by atoms with E-state index in [1.54, 1.807) is 0 Å². The van der Waals surface area contributed by atoms with Crippen LogP contribution in [0.3, 0.4) is 0 Å². The van der Waals surface area contributed by atoms with Crippen LogP contribution in [0.4, 0.5) is 8.78 Å². The standard InChI is InChI=1S/C11H8F2O3/c1-16-11(15)3-2-7-4-9(12)8(6-14)10(13)5-7/h2-6H,1H3/b3-2+. The van der Waals surface area contributed by atoms with Gasteiger partial charge >= 0.3 is 5.97 Å². The molecule has 0 bridgehead atoms. The largest absolute Gasteiger partial charge is 0.466 e. The maximum atomic E-state index is 13.1. The number of esters is 1. The van der Waals surface area contributed by atoms with Crippen molar-refractivity contribution in [2.24, 2.45) is 0 Å². The molecule has 0 amide bonds. The van der Waals surface area contributed by atoms with Gasteiger partial charge in [0, 0.05) is 6.08 Å². The highest BCUT2D eigenvalue weighted by Crippen LogP contribution is 2.14. The lowest BCUT2D eigenvalue weighted by molar-refractivity contribution is -0.134. The smallest absolute Gasteiger partial charge is 0.330 e. The first-order chi connectivity index (χ1) is 7.58. The van der Waals surface area contributed by atoms with Crippen LogP contribution in [-0.2, 0) is 9.53 Å². The molecule has 0 aliphatic rings. The van der Waals surface area contributed by atoms with Crippen molar-refractivity contribution < 1.29 is 23.1 Å². The summed E-state index contributed by atoms with van der Waals surface area (Å²) in [5.74, 6) is -2.58. The first-order valence-corrected chi connectivity index (χ1v) is 4.28. The second-order valence-electron chi connectivity index (χ2n) is 2.87. The van der Waals surface area contributed by atoms with Gasteiger partial charge in [-0.2, -0.15) is 0 Å². The van der Waals surface area contributed by atoms with Gasteiger partial charge in [0.1, 0.15) is 11.6 Å². The summed E-state index contributed by atoms with van der Waals surface area (Å²) in [6.07, 6.45) is 2.31. The van der Waals surface area contributed by atoms with Crippen molar-refractivity contribution in [1.29, 1.82) is 0 Å². The molecule has 1 aromatic carbocycles. The number of ether oxygens (including phenoxy) is 1. The van der Waals surface area contributed by atoms with Crippen LogP contribution in [0, 0.1) is 11.6 Å². The zero-order valence-electron chi connectivity index (χ0n) is 8.37. The predicted octanol–water partition coefficient (Wildman–Crippen LogP) is 1.96. The SMILES string of the molecule is COC(=O)/C=C/c1cc(F)c(C=O)c(F)c1. The van der Waals surface area contributed by atoms with Crippen molar-refractivity contribution in [2.45, 2.75) is 0 Å². The number of rotatable bonds is 3. The molecule has 0 aliphatic carbocycles. The second-order valence-corrected chi connectivity index (χ2v) is 2.87. The first-order valence-electron chi connectivity index (χ1n) is 4.28. The third-order valence-corrected chi connectivity index (χ3v) is 1.83. The number of methoxy groups -OCH3 is 1. The fourth-order valence-electron chi connectivity index (χ4n) is 1.05. The monoisotopic (exact) mass is 226 g/mol. The van der Waals surface area contributed by atoms with Crippen LogP contribution in [0.25, 0.3) is 6.08 Å². The molecule has 0 saturated heterocycles. The van der Waals surface area contributed by atoms with E-state index in [2.05, 4.69) is 4.74 Å². The van der Waals surface area contributed by atoms with Crippen LogP contribution in [0.15, 0.2) is 18.2 Å². The molecule has 1 rings (SSSR count). The van der Waals surface area contributed by atoms with Gasteiger partial charge in [0.25, 0.3) is 0 Å². The Hall–Kier alpha value is -2.04. The number of aldehydes is 1. The summed E-state index contributed by atoms with van der Waals surface area (Å²) in [6.45, 7) is 0. The third kappa shape index (κ3) is 2.73. The Morgan fingerprint density at radius 1 is 1.31 bits per heavy atom. The van der Waals surface area contributed by atoms with E-state index in [0.717, 1.165) is 18.2 Å². The van der Waals surface area contributed by atoms with Gasteiger partial charge in [0.2, 0.25) is 0 Å². The Labute approximate surface area is 90.3 Å². The molecule has 3 nitrogen and oxygen atoms in total. The number of carbonyl (C=O) groups excluding carboxylic acids is 2. The molecule has 0 saturated carbocycles. The molecule has 0 atom stereocenters. The summed E-state index contributed by atoms with van der Waals surface area (Å²) in [7, 11) is 1.18. The molecule has 5 heteroatoms. The molecule has 84 valence electrons. The van der Waals surface area contributed by atoms with Crippen molar-refractivity contribution in [1.82, 2.24) is 0 Å². The lowest BCUT2D eigenvalue weighted by atomic mass is 10.1. The van der Waals surface area contributed by atoms with Gasteiger partial charge in [0.05, 0.1) is 12.7 Å². The second kappa shape index (κ2) is 5.16. The lowest BCUT2D eigenvalue weighted by Gasteiger charge is -1.99. The number of carbonyl (C=O) groups is 2. The highest BCUT2D eigenvalue weighted by molar-refractivity contribution is 5.87. The fraction of sp³-hybridized carbons (Fsp3) is 0.0909. The van der Waals surface area contributed by atoms with Crippen molar-refractivity contribution in [3.05, 3.63) is 41.0 Å². The van der Waals surface area contributed by atoms with E-state index in [0.29, 0.717) is 0 Å². The maximum absolute atomic E-state index is 13.1. The molecule has 0 aromatic heterocycles. The van der Waals surface area contributed by atoms with Crippen LogP contribution >= 0.6 is 0 Å². The highest BCUT2D eigenvalue weighted by atomic mass is 19.1. The minimum atomic E-state index is -0.973.